The van der Waals surface area contributed by atoms with Crippen LogP contribution in [0.3, 0.4) is 0 Å². The van der Waals surface area contributed by atoms with Crippen molar-refractivity contribution in [1.82, 2.24) is 20.2 Å². The molecule has 1 unspecified atom stereocenters. The van der Waals surface area contributed by atoms with Crippen molar-refractivity contribution in [2.24, 2.45) is 0 Å². The molecule has 0 fully saturated rings. The molecular weight excluding hydrogens is 366 g/mol. The number of hydrogen-bond donors (Lipinski definition) is 3. The molecule has 3 amide bonds. The summed E-state index contributed by atoms with van der Waals surface area (Å²) in [6.45, 7) is 4.35. The molecule has 150 valence electrons. The van der Waals surface area contributed by atoms with E-state index >= 15 is 0 Å². The number of imidazole rings is 1. The number of amides is 3. The van der Waals surface area contributed by atoms with Gasteiger partial charge in [-0.25, -0.2) is 9.78 Å². The Morgan fingerprint density at radius 3 is 2.55 bits per heavy atom. The third-order valence-corrected chi connectivity index (χ3v) is 4.61. The monoisotopic (exact) mass is 391 g/mol. The van der Waals surface area contributed by atoms with Crippen molar-refractivity contribution in [3.05, 3.63) is 78.4 Å². The topological polar surface area (TPSA) is 88.0 Å². The predicted octanol–water partition coefficient (Wildman–Crippen LogP) is 3.72. The number of para-hydroxylation sites is 1. The molecule has 3 rings (SSSR count). The molecule has 1 atom stereocenters. The van der Waals surface area contributed by atoms with E-state index in [-0.39, 0.29) is 18.0 Å². The first-order chi connectivity index (χ1) is 14.1. The van der Waals surface area contributed by atoms with Crippen LogP contribution >= 0.6 is 0 Å². The van der Waals surface area contributed by atoms with E-state index < -0.39 is 0 Å². The molecule has 0 aliphatic heterocycles. The Balaban J connectivity index is 1.56. The smallest absolute Gasteiger partial charge is 0.319 e. The van der Waals surface area contributed by atoms with Gasteiger partial charge in [-0.1, -0.05) is 25.1 Å². The van der Waals surface area contributed by atoms with Gasteiger partial charge in [0.2, 0.25) is 0 Å². The van der Waals surface area contributed by atoms with Crippen LogP contribution < -0.4 is 16.0 Å². The molecule has 7 heteroatoms. The Morgan fingerprint density at radius 1 is 1.10 bits per heavy atom. The summed E-state index contributed by atoms with van der Waals surface area (Å²) in [5.74, 6) is -0.119. The maximum atomic E-state index is 12.3. The largest absolute Gasteiger partial charge is 0.350 e. The molecule has 7 nitrogen and oxygen atoms in total. The lowest BCUT2D eigenvalue weighted by atomic mass is 10.1. The molecule has 2 aromatic carbocycles. The Morgan fingerprint density at radius 2 is 1.86 bits per heavy atom. The second-order valence-electron chi connectivity index (χ2n) is 6.77. The number of carbonyl (C=O) groups is 2. The Labute approximate surface area is 170 Å². The fourth-order valence-electron chi connectivity index (χ4n) is 2.78. The zero-order valence-electron chi connectivity index (χ0n) is 16.6. The van der Waals surface area contributed by atoms with Crippen LogP contribution in [0.2, 0.25) is 0 Å². The summed E-state index contributed by atoms with van der Waals surface area (Å²) in [7, 11) is 0. The lowest BCUT2D eigenvalue weighted by Crippen LogP contribution is -2.32. The molecule has 0 bridgehead atoms. The SMILES string of the molecule is CCC(C)NC(=O)c1ccc(NC(=O)NCc2ccccc2-n2ccnc2)cc1. The minimum absolute atomic E-state index is 0.119. The first kappa shape index (κ1) is 20.1. The summed E-state index contributed by atoms with van der Waals surface area (Å²) in [6.07, 6.45) is 6.16. The molecular formula is C22H25N5O2. The van der Waals surface area contributed by atoms with Gasteiger partial charge in [0.25, 0.3) is 5.91 Å². The second kappa shape index (κ2) is 9.54. The van der Waals surface area contributed by atoms with Crippen LogP contribution in [0.5, 0.6) is 0 Å². The summed E-state index contributed by atoms with van der Waals surface area (Å²) >= 11 is 0. The number of benzene rings is 2. The molecule has 3 N–H and O–H groups in total. The van der Waals surface area contributed by atoms with Crippen LogP contribution in [0.1, 0.15) is 36.2 Å². The van der Waals surface area contributed by atoms with Crippen LogP contribution in [0.4, 0.5) is 10.5 Å². The van der Waals surface area contributed by atoms with Gasteiger partial charge in [-0.05, 0) is 49.2 Å². The van der Waals surface area contributed by atoms with E-state index in [0.29, 0.717) is 17.8 Å². The summed E-state index contributed by atoms with van der Waals surface area (Å²) in [5.41, 5.74) is 3.11. The Hall–Kier alpha value is -3.61. The van der Waals surface area contributed by atoms with Crippen LogP contribution in [-0.4, -0.2) is 27.5 Å². The number of carbonyl (C=O) groups excluding carboxylic acids is 2. The molecule has 3 aromatic rings. The Kier molecular flexibility index (Phi) is 6.63. The van der Waals surface area contributed by atoms with Crippen LogP contribution in [0.15, 0.2) is 67.3 Å². The molecule has 1 heterocycles. The average molecular weight is 391 g/mol. The van der Waals surface area contributed by atoms with Gasteiger partial charge < -0.3 is 20.5 Å². The molecule has 0 radical (unpaired) electrons. The first-order valence-electron chi connectivity index (χ1n) is 9.59. The van der Waals surface area contributed by atoms with Crippen molar-refractivity contribution in [3.8, 4) is 5.69 Å². The standard InChI is InChI=1S/C22H25N5O2/c1-3-16(2)25-21(28)17-8-10-19(11-9-17)26-22(29)24-14-18-6-4-5-7-20(18)27-13-12-23-15-27/h4-13,15-16H,3,14H2,1-2H3,(H,25,28)(H2,24,26,29). The normalized spacial score (nSPS) is 11.5. The van der Waals surface area contributed by atoms with Crippen LogP contribution in [-0.2, 0) is 6.54 Å². The number of nitrogens with zero attached hydrogens (tertiary/aromatic N) is 2. The molecule has 0 aliphatic rings. The van der Waals surface area contributed by atoms with E-state index in [1.54, 1.807) is 36.8 Å². The zero-order valence-corrected chi connectivity index (χ0v) is 16.6. The van der Waals surface area contributed by atoms with Gasteiger partial charge in [-0.2, -0.15) is 0 Å². The predicted molar refractivity (Wildman–Crippen MR) is 113 cm³/mol. The zero-order chi connectivity index (χ0) is 20.6. The highest BCUT2D eigenvalue weighted by molar-refractivity contribution is 5.95. The van der Waals surface area contributed by atoms with E-state index in [1.165, 1.54) is 0 Å². The van der Waals surface area contributed by atoms with E-state index in [0.717, 1.165) is 17.7 Å². The van der Waals surface area contributed by atoms with Gasteiger partial charge in [0.15, 0.2) is 0 Å². The molecule has 0 saturated carbocycles. The van der Waals surface area contributed by atoms with Crippen molar-refractivity contribution in [2.45, 2.75) is 32.9 Å². The van der Waals surface area contributed by atoms with E-state index in [2.05, 4.69) is 20.9 Å². The number of urea groups is 1. The van der Waals surface area contributed by atoms with E-state index in [4.69, 9.17) is 0 Å². The lowest BCUT2D eigenvalue weighted by Gasteiger charge is -2.13. The van der Waals surface area contributed by atoms with Crippen molar-refractivity contribution in [1.29, 1.82) is 0 Å². The van der Waals surface area contributed by atoms with Gasteiger partial charge in [0.05, 0.1) is 12.0 Å². The number of rotatable bonds is 7. The highest BCUT2D eigenvalue weighted by Gasteiger charge is 2.10. The van der Waals surface area contributed by atoms with Crippen molar-refractivity contribution in [3.63, 3.8) is 0 Å². The first-order valence-corrected chi connectivity index (χ1v) is 9.59. The minimum atomic E-state index is -0.317. The summed E-state index contributed by atoms with van der Waals surface area (Å²) in [5, 5.41) is 8.56. The lowest BCUT2D eigenvalue weighted by molar-refractivity contribution is 0.0939. The van der Waals surface area contributed by atoms with Crippen LogP contribution in [0.25, 0.3) is 5.69 Å². The number of aromatic nitrogens is 2. The molecule has 29 heavy (non-hydrogen) atoms. The third-order valence-electron chi connectivity index (χ3n) is 4.61. The van der Waals surface area contributed by atoms with Gasteiger partial charge in [0, 0.05) is 36.2 Å². The number of nitrogens with one attached hydrogen (secondary N) is 3. The van der Waals surface area contributed by atoms with Gasteiger partial charge in [-0.3, -0.25) is 4.79 Å². The van der Waals surface area contributed by atoms with E-state index in [1.807, 2.05) is 48.9 Å². The molecule has 1 aromatic heterocycles. The van der Waals surface area contributed by atoms with Gasteiger partial charge in [-0.15, -0.1) is 0 Å². The van der Waals surface area contributed by atoms with Crippen molar-refractivity contribution >= 4 is 17.6 Å². The quantitative estimate of drug-likeness (QED) is 0.573. The fourth-order valence-corrected chi connectivity index (χ4v) is 2.78. The second-order valence-corrected chi connectivity index (χ2v) is 6.77. The molecule has 0 spiro atoms. The number of hydrogen-bond acceptors (Lipinski definition) is 3. The maximum Gasteiger partial charge on any atom is 0.319 e. The van der Waals surface area contributed by atoms with Crippen molar-refractivity contribution in [2.75, 3.05) is 5.32 Å². The number of anilines is 1. The maximum absolute atomic E-state index is 12.3. The summed E-state index contributed by atoms with van der Waals surface area (Å²) < 4.78 is 1.90. The highest BCUT2D eigenvalue weighted by Crippen LogP contribution is 2.14. The summed E-state index contributed by atoms with van der Waals surface area (Å²) in [4.78, 5) is 28.5. The van der Waals surface area contributed by atoms with E-state index in [9.17, 15) is 9.59 Å². The molecule has 0 aliphatic carbocycles. The van der Waals surface area contributed by atoms with Crippen LogP contribution in [0, 0.1) is 0 Å². The highest BCUT2D eigenvalue weighted by atomic mass is 16.2. The summed E-state index contributed by atoms with van der Waals surface area (Å²) in [6, 6.07) is 14.4. The van der Waals surface area contributed by atoms with Gasteiger partial charge in [0.1, 0.15) is 0 Å². The van der Waals surface area contributed by atoms with Gasteiger partial charge >= 0.3 is 6.03 Å². The Bertz CT molecular complexity index is 952. The fraction of sp³-hybridized carbons (Fsp3) is 0.227. The average Bonchev–Trinajstić information content (AvgIpc) is 3.27. The van der Waals surface area contributed by atoms with Crippen molar-refractivity contribution < 1.29 is 9.59 Å². The molecule has 0 saturated heterocycles. The minimum Gasteiger partial charge on any atom is -0.350 e. The third kappa shape index (κ3) is 5.44.